The standard InChI is InChI=1S/C22H24ClF3N2O.ClH/c1-2-28-13-4-3-8-19(28)16-11-9-15(10-12-16)14-27-21(29)17-6-5-7-18(20(17)23)22(24,25)26;/h5-7,9-12,19H,2-4,8,13-14H2,1H3,(H,27,29);1H. The van der Waals surface area contributed by atoms with Gasteiger partial charge < -0.3 is 5.32 Å². The molecular formula is C22H25Cl2F3N2O. The zero-order valence-electron chi connectivity index (χ0n) is 16.6. The Balaban J connectivity index is 0.00000320. The highest BCUT2D eigenvalue weighted by Gasteiger charge is 2.34. The second kappa shape index (κ2) is 10.5. The van der Waals surface area contributed by atoms with Crippen molar-refractivity contribution in [2.45, 2.75) is 44.9 Å². The molecule has 3 nitrogen and oxygen atoms in total. The zero-order chi connectivity index (χ0) is 21.0. The molecule has 30 heavy (non-hydrogen) atoms. The van der Waals surface area contributed by atoms with Crippen molar-refractivity contribution >= 4 is 29.9 Å². The van der Waals surface area contributed by atoms with Crippen LogP contribution in [0.4, 0.5) is 13.2 Å². The van der Waals surface area contributed by atoms with Crippen molar-refractivity contribution in [3.63, 3.8) is 0 Å². The molecule has 1 N–H and O–H groups in total. The van der Waals surface area contributed by atoms with Crippen molar-refractivity contribution in [2.24, 2.45) is 0 Å². The Morgan fingerprint density at radius 3 is 2.50 bits per heavy atom. The SMILES string of the molecule is CCN1CCCCC1c1ccc(CNC(=O)c2cccc(C(F)(F)F)c2Cl)cc1.Cl. The van der Waals surface area contributed by atoms with E-state index in [0.29, 0.717) is 6.04 Å². The molecule has 2 aromatic carbocycles. The van der Waals surface area contributed by atoms with Crippen LogP contribution in [0.25, 0.3) is 0 Å². The molecule has 0 aromatic heterocycles. The molecule has 0 saturated carbocycles. The fourth-order valence-corrected chi connectivity index (χ4v) is 4.13. The Kier molecular flexibility index (Phi) is 8.59. The first-order chi connectivity index (χ1) is 13.8. The summed E-state index contributed by atoms with van der Waals surface area (Å²) in [5.41, 5.74) is 0.939. The summed E-state index contributed by atoms with van der Waals surface area (Å²) < 4.78 is 38.9. The first-order valence-electron chi connectivity index (χ1n) is 9.78. The van der Waals surface area contributed by atoms with Gasteiger partial charge in [0.25, 0.3) is 5.91 Å². The van der Waals surface area contributed by atoms with Crippen molar-refractivity contribution in [3.8, 4) is 0 Å². The van der Waals surface area contributed by atoms with Crippen LogP contribution >= 0.6 is 24.0 Å². The summed E-state index contributed by atoms with van der Waals surface area (Å²) in [6.07, 6.45) is -1.02. The lowest BCUT2D eigenvalue weighted by molar-refractivity contribution is -0.137. The number of likely N-dealkylation sites (tertiary alicyclic amines) is 1. The lowest BCUT2D eigenvalue weighted by Crippen LogP contribution is -2.33. The van der Waals surface area contributed by atoms with E-state index < -0.39 is 22.7 Å². The van der Waals surface area contributed by atoms with Crippen molar-refractivity contribution < 1.29 is 18.0 Å². The van der Waals surface area contributed by atoms with Crippen LogP contribution in [0, 0.1) is 0 Å². The fourth-order valence-electron chi connectivity index (χ4n) is 3.81. The summed E-state index contributed by atoms with van der Waals surface area (Å²) in [5.74, 6) is -0.630. The van der Waals surface area contributed by atoms with Gasteiger partial charge >= 0.3 is 6.18 Å². The van der Waals surface area contributed by atoms with Gasteiger partial charge in [0.05, 0.1) is 16.1 Å². The van der Waals surface area contributed by atoms with Gasteiger partial charge in [-0.05, 0) is 49.2 Å². The summed E-state index contributed by atoms with van der Waals surface area (Å²) in [5, 5.41) is 2.07. The number of rotatable bonds is 5. The van der Waals surface area contributed by atoms with Gasteiger partial charge in [0.15, 0.2) is 0 Å². The van der Waals surface area contributed by atoms with Crippen LogP contribution in [0.1, 0.15) is 59.3 Å². The normalized spacial score (nSPS) is 17.3. The zero-order valence-corrected chi connectivity index (χ0v) is 18.2. The van der Waals surface area contributed by atoms with Crippen LogP contribution in [0.2, 0.25) is 5.02 Å². The van der Waals surface area contributed by atoms with E-state index in [1.807, 2.05) is 12.1 Å². The van der Waals surface area contributed by atoms with Gasteiger partial charge in [-0.3, -0.25) is 9.69 Å². The summed E-state index contributed by atoms with van der Waals surface area (Å²) in [6.45, 7) is 4.51. The molecular weight excluding hydrogens is 436 g/mol. The lowest BCUT2D eigenvalue weighted by atomic mass is 9.94. The molecule has 0 radical (unpaired) electrons. The van der Waals surface area contributed by atoms with Gasteiger partial charge in [-0.25, -0.2) is 0 Å². The summed E-state index contributed by atoms with van der Waals surface area (Å²) >= 11 is 5.82. The molecule has 164 valence electrons. The number of amides is 1. The average molecular weight is 461 g/mol. The summed E-state index contributed by atoms with van der Waals surface area (Å²) in [4.78, 5) is 14.8. The Labute approximate surface area is 186 Å². The van der Waals surface area contributed by atoms with Gasteiger partial charge in [0, 0.05) is 12.6 Å². The highest BCUT2D eigenvalue weighted by atomic mass is 35.5. The van der Waals surface area contributed by atoms with E-state index in [9.17, 15) is 18.0 Å². The van der Waals surface area contributed by atoms with Gasteiger partial charge in [0.2, 0.25) is 0 Å². The third-order valence-electron chi connectivity index (χ3n) is 5.39. The predicted molar refractivity (Wildman–Crippen MR) is 115 cm³/mol. The number of halogens is 5. The molecule has 1 aliphatic heterocycles. The number of nitrogens with zero attached hydrogens (tertiary/aromatic N) is 1. The van der Waals surface area contributed by atoms with Gasteiger partial charge in [-0.1, -0.05) is 55.3 Å². The minimum absolute atomic E-state index is 0. The minimum Gasteiger partial charge on any atom is -0.348 e. The average Bonchev–Trinajstić information content (AvgIpc) is 2.71. The van der Waals surface area contributed by atoms with E-state index in [2.05, 4.69) is 29.3 Å². The molecule has 0 spiro atoms. The molecule has 1 heterocycles. The Morgan fingerprint density at radius 1 is 1.17 bits per heavy atom. The molecule has 0 bridgehead atoms. The van der Waals surface area contributed by atoms with Crippen molar-refractivity contribution in [2.75, 3.05) is 13.1 Å². The Bertz CT molecular complexity index is 856. The predicted octanol–water partition coefficient (Wildman–Crippen LogP) is 6.26. The molecule has 2 aromatic rings. The van der Waals surface area contributed by atoms with Crippen LogP contribution in [-0.2, 0) is 12.7 Å². The summed E-state index contributed by atoms with van der Waals surface area (Å²) in [6, 6.07) is 11.8. The first kappa shape index (κ1) is 24.5. The monoisotopic (exact) mass is 460 g/mol. The summed E-state index contributed by atoms with van der Waals surface area (Å²) in [7, 11) is 0. The Morgan fingerprint density at radius 2 is 1.87 bits per heavy atom. The third-order valence-corrected chi connectivity index (χ3v) is 5.79. The molecule has 1 amide bonds. The molecule has 1 saturated heterocycles. The highest BCUT2D eigenvalue weighted by molar-refractivity contribution is 6.34. The van der Waals surface area contributed by atoms with E-state index in [-0.39, 0.29) is 24.5 Å². The van der Waals surface area contributed by atoms with Crippen LogP contribution in [0.3, 0.4) is 0 Å². The fraction of sp³-hybridized carbons (Fsp3) is 0.409. The van der Waals surface area contributed by atoms with E-state index in [1.54, 1.807) is 0 Å². The minimum atomic E-state index is -4.60. The highest BCUT2D eigenvalue weighted by Crippen LogP contribution is 2.36. The van der Waals surface area contributed by atoms with Crippen LogP contribution < -0.4 is 5.32 Å². The first-order valence-corrected chi connectivity index (χ1v) is 10.2. The smallest absolute Gasteiger partial charge is 0.348 e. The van der Waals surface area contributed by atoms with Crippen molar-refractivity contribution in [1.29, 1.82) is 0 Å². The maximum absolute atomic E-state index is 13.0. The van der Waals surface area contributed by atoms with E-state index >= 15 is 0 Å². The molecule has 1 unspecified atom stereocenters. The van der Waals surface area contributed by atoms with E-state index in [0.717, 1.165) is 31.1 Å². The van der Waals surface area contributed by atoms with E-state index in [4.69, 9.17) is 11.6 Å². The number of piperidine rings is 1. The van der Waals surface area contributed by atoms with Gasteiger partial charge in [0.1, 0.15) is 0 Å². The van der Waals surface area contributed by atoms with Crippen molar-refractivity contribution in [3.05, 3.63) is 69.7 Å². The van der Waals surface area contributed by atoms with E-state index in [1.165, 1.54) is 30.5 Å². The topological polar surface area (TPSA) is 32.3 Å². The Hall–Kier alpha value is -1.76. The van der Waals surface area contributed by atoms with Crippen molar-refractivity contribution in [1.82, 2.24) is 10.2 Å². The third kappa shape index (κ3) is 5.68. The number of carbonyl (C=O) groups is 1. The second-order valence-corrected chi connectivity index (χ2v) is 7.61. The van der Waals surface area contributed by atoms with Gasteiger partial charge in [-0.2, -0.15) is 13.2 Å². The number of hydrogen-bond donors (Lipinski definition) is 1. The number of hydrogen-bond acceptors (Lipinski definition) is 2. The quantitative estimate of drug-likeness (QED) is 0.570. The number of benzene rings is 2. The molecule has 0 aliphatic carbocycles. The maximum Gasteiger partial charge on any atom is 0.417 e. The lowest BCUT2D eigenvalue weighted by Gasteiger charge is -2.35. The molecule has 1 fully saturated rings. The molecule has 1 aliphatic rings. The molecule has 8 heteroatoms. The second-order valence-electron chi connectivity index (χ2n) is 7.23. The number of alkyl halides is 3. The van der Waals surface area contributed by atoms with Crippen LogP contribution in [0.15, 0.2) is 42.5 Å². The molecule has 1 atom stereocenters. The van der Waals surface area contributed by atoms with Crippen LogP contribution in [-0.4, -0.2) is 23.9 Å². The van der Waals surface area contributed by atoms with Crippen LogP contribution in [0.5, 0.6) is 0 Å². The van der Waals surface area contributed by atoms with Gasteiger partial charge in [-0.15, -0.1) is 12.4 Å². The maximum atomic E-state index is 13.0. The number of nitrogens with one attached hydrogen (secondary N) is 1. The number of carbonyl (C=O) groups excluding carboxylic acids is 1. The largest absolute Gasteiger partial charge is 0.417 e. The molecule has 3 rings (SSSR count).